The van der Waals surface area contributed by atoms with Gasteiger partial charge in [0.1, 0.15) is 0 Å². The Morgan fingerprint density at radius 1 is 1.56 bits per heavy atom. The molecule has 1 rings (SSSR count). The van der Waals surface area contributed by atoms with Crippen molar-refractivity contribution in [2.45, 2.75) is 64.5 Å². The van der Waals surface area contributed by atoms with Gasteiger partial charge in [-0.25, -0.2) is 0 Å². The van der Waals surface area contributed by atoms with Crippen molar-refractivity contribution in [2.75, 3.05) is 6.61 Å². The molecule has 0 aromatic carbocycles. The van der Waals surface area contributed by atoms with Crippen molar-refractivity contribution in [3.05, 3.63) is 0 Å². The molecule has 3 atom stereocenters. The Hall–Kier alpha value is -0.610. The fourth-order valence-corrected chi connectivity index (χ4v) is 2.88. The highest BCUT2D eigenvalue weighted by Gasteiger charge is 2.38. The fraction of sp³-hybridized carbons (Fsp3) is 0.929. The van der Waals surface area contributed by atoms with Crippen molar-refractivity contribution >= 4 is 5.91 Å². The number of nitrogens with two attached hydrogens (primary N) is 1. The van der Waals surface area contributed by atoms with Gasteiger partial charge >= 0.3 is 0 Å². The van der Waals surface area contributed by atoms with Crippen molar-refractivity contribution in [3.63, 3.8) is 0 Å². The molecule has 18 heavy (non-hydrogen) atoms. The van der Waals surface area contributed by atoms with Crippen molar-refractivity contribution in [2.24, 2.45) is 17.6 Å². The lowest BCUT2D eigenvalue weighted by Crippen LogP contribution is -2.58. The van der Waals surface area contributed by atoms with Crippen molar-refractivity contribution in [1.29, 1.82) is 0 Å². The molecule has 1 aliphatic carbocycles. The van der Waals surface area contributed by atoms with E-state index in [0.717, 1.165) is 32.1 Å². The molecule has 1 amide bonds. The molecule has 3 unspecified atom stereocenters. The number of aliphatic hydroxyl groups is 1. The fourth-order valence-electron chi connectivity index (χ4n) is 2.88. The van der Waals surface area contributed by atoms with Crippen LogP contribution >= 0.6 is 0 Å². The SMILES string of the molecule is CC(C)CC(CO)NC(=O)C1(N)CCCC(C)C1. The molecular weight excluding hydrogens is 228 g/mol. The van der Waals surface area contributed by atoms with Gasteiger partial charge in [-0.1, -0.05) is 33.6 Å². The van der Waals surface area contributed by atoms with Crippen molar-refractivity contribution in [3.8, 4) is 0 Å². The molecule has 0 radical (unpaired) electrons. The van der Waals surface area contributed by atoms with Crippen LogP contribution in [0.5, 0.6) is 0 Å². The van der Waals surface area contributed by atoms with Crippen LogP contribution in [0.3, 0.4) is 0 Å². The molecule has 106 valence electrons. The minimum atomic E-state index is -0.734. The van der Waals surface area contributed by atoms with Crippen molar-refractivity contribution < 1.29 is 9.90 Å². The molecule has 1 fully saturated rings. The lowest BCUT2D eigenvalue weighted by molar-refractivity contribution is -0.129. The van der Waals surface area contributed by atoms with Gasteiger partial charge in [-0.05, 0) is 31.1 Å². The number of hydrogen-bond acceptors (Lipinski definition) is 3. The zero-order valence-corrected chi connectivity index (χ0v) is 11.9. The van der Waals surface area contributed by atoms with E-state index in [1.165, 1.54) is 0 Å². The van der Waals surface area contributed by atoms with E-state index in [1.54, 1.807) is 0 Å². The number of amides is 1. The third-order valence-electron chi connectivity index (χ3n) is 3.80. The second kappa shape index (κ2) is 6.53. The van der Waals surface area contributed by atoms with Crippen LogP contribution in [0.2, 0.25) is 0 Å². The standard InChI is InChI=1S/C14H28N2O2/c1-10(2)7-12(9-17)16-13(18)14(15)6-4-5-11(3)8-14/h10-12,17H,4-9,15H2,1-3H3,(H,16,18). The van der Waals surface area contributed by atoms with Crippen LogP contribution < -0.4 is 11.1 Å². The number of carbonyl (C=O) groups is 1. The zero-order chi connectivity index (χ0) is 13.8. The summed E-state index contributed by atoms with van der Waals surface area (Å²) >= 11 is 0. The predicted octanol–water partition coefficient (Wildman–Crippen LogP) is 1.42. The smallest absolute Gasteiger partial charge is 0.240 e. The first kappa shape index (κ1) is 15.4. The molecule has 0 saturated heterocycles. The van der Waals surface area contributed by atoms with Crippen LogP contribution in [-0.2, 0) is 4.79 Å². The van der Waals surface area contributed by atoms with Crippen LogP contribution in [0.4, 0.5) is 0 Å². The summed E-state index contributed by atoms with van der Waals surface area (Å²) in [4.78, 5) is 12.3. The van der Waals surface area contributed by atoms with E-state index >= 15 is 0 Å². The van der Waals surface area contributed by atoms with Crippen LogP contribution in [-0.4, -0.2) is 29.2 Å². The second-order valence-corrected chi connectivity index (χ2v) is 6.34. The van der Waals surface area contributed by atoms with Gasteiger partial charge in [0, 0.05) is 0 Å². The topological polar surface area (TPSA) is 75.3 Å². The Morgan fingerprint density at radius 2 is 2.22 bits per heavy atom. The highest BCUT2D eigenvalue weighted by molar-refractivity contribution is 5.86. The van der Waals surface area contributed by atoms with Gasteiger partial charge in [-0.2, -0.15) is 0 Å². The highest BCUT2D eigenvalue weighted by Crippen LogP contribution is 2.30. The number of carbonyl (C=O) groups excluding carboxylic acids is 1. The first-order chi connectivity index (χ1) is 8.37. The molecule has 0 aromatic rings. The summed E-state index contributed by atoms with van der Waals surface area (Å²) in [5.41, 5.74) is 5.50. The van der Waals surface area contributed by atoms with Crippen LogP contribution in [0.1, 0.15) is 52.9 Å². The molecule has 0 aromatic heterocycles. The number of rotatable bonds is 5. The second-order valence-electron chi connectivity index (χ2n) is 6.34. The minimum absolute atomic E-state index is 0.0183. The Balaban J connectivity index is 2.57. The number of hydrogen-bond donors (Lipinski definition) is 3. The predicted molar refractivity (Wildman–Crippen MR) is 73.0 cm³/mol. The average Bonchev–Trinajstić information content (AvgIpc) is 2.27. The van der Waals surface area contributed by atoms with Crippen LogP contribution in [0, 0.1) is 11.8 Å². The van der Waals surface area contributed by atoms with E-state index in [9.17, 15) is 9.90 Å². The minimum Gasteiger partial charge on any atom is -0.394 e. The van der Waals surface area contributed by atoms with Gasteiger partial charge in [-0.3, -0.25) is 4.79 Å². The van der Waals surface area contributed by atoms with Gasteiger partial charge in [0.25, 0.3) is 0 Å². The van der Waals surface area contributed by atoms with Crippen LogP contribution in [0.25, 0.3) is 0 Å². The van der Waals surface area contributed by atoms with Crippen molar-refractivity contribution in [1.82, 2.24) is 5.32 Å². The monoisotopic (exact) mass is 256 g/mol. The third kappa shape index (κ3) is 4.25. The summed E-state index contributed by atoms with van der Waals surface area (Å²) in [6.45, 7) is 6.28. The molecule has 4 N–H and O–H groups in total. The van der Waals surface area contributed by atoms with E-state index in [-0.39, 0.29) is 18.6 Å². The molecule has 4 heteroatoms. The lowest BCUT2D eigenvalue weighted by Gasteiger charge is -2.36. The average molecular weight is 256 g/mol. The molecule has 4 nitrogen and oxygen atoms in total. The molecule has 0 bridgehead atoms. The van der Waals surface area contributed by atoms with Gasteiger partial charge < -0.3 is 16.2 Å². The molecule has 1 saturated carbocycles. The molecule has 0 heterocycles. The van der Waals surface area contributed by atoms with Gasteiger partial charge in [0.2, 0.25) is 5.91 Å². The maximum atomic E-state index is 12.3. The highest BCUT2D eigenvalue weighted by atomic mass is 16.3. The summed E-state index contributed by atoms with van der Waals surface area (Å²) in [5, 5.41) is 12.2. The van der Waals surface area contributed by atoms with E-state index in [4.69, 9.17) is 5.73 Å². The molecule has 1 aliphatic rings. The van der Waals surface area contributed by atoms with Gasteiger partial charge in [-0.15, -0.1) is 0 Å². The molecule has 0 aliphatic heterocycles. The largest absolute Gasteiger partial charge is 0.394 e. The Labute approximate surface area is 110 Å². The van der Waals surface area contributed by atoms with Gasteiger partial charge in [0.15, 0.2) is 0 Å². The lowest BCUT2D eigenvalue weighted by atomic mass is 9.76. The summed E-state index contributed by atoms with van der Waals surface area (Å²) in [6, 6.07) is -0.171. The summed E-state index contributed by atoms with van der Waals surface area (Å²) < 4.78 is 0. The molecular formula is C14H28N2O2. The summed E-state index contributed by atoms with van der Waals surface area (Å²) in [6.07, 6.45) is 4.45. The Morgan fingerprint density at radius 3 is 2.72 bits per heavy atom. The van der Waals surface area contributed by atoms with Crippen LogP contribution in [0.15, 0.2) is 0 Å². The quantitative estimate of drug-likeness (QED) is 0.696. The van der Waals surface area contributed by atoms with E-state index in [2.05, 4.69) is 26.1 Å². The Kier molecular flexibility index (Phi) is 5.60. The Bertz CT molecular complexity index is 281. The maximum Gasteiger partial charge on any atom is 0.240 e. The first-order valence-electron chi connectivity index (χ1n) is 7.08. The number of aliphatic hydroxyl groups excluding tert-OH is 1. The number of nitrogens with one attached hydrogen (secondary N) is 1. The van der Waals surface area contributed by atoms with E-state index in [0.29, 0.717) is 11.8 Å². The summed E-state index contributed by atoms with van der Waals surface area (Å²) in [5.74, 6) is 0.863. The first-order valence-corrected chi connectivity index (χ1v) is 7.08. The summed E-state index contributed by atoms with van der Waals surface area (Å²) in [7, 11) is 0. The molecule has 0 spiro atoms. The van der Waals surface area contributed by atoms with E-state index in [1.807, 2.05) is 0 Å². The van der Waals surface area contributed by atoms with E-state index < -0.39 is 5.54 Å². The maximum absolute atomic E-state index is 12.3. The third-order valence-corrected chi connectivity index (χ3v) is 3.80. The zero-order valence-electron chi connectivity index (χ0n) is 11.9. The van der Waals surface area contributed by atoms with Gasteiger partial charge in [0.05, 0.1) is 18.2 Å². The normalized spacial score (nSPS) is 30.2.